The number of aromatic nitrogens is 1. The molecule has 0 bridgehead atoms. The van der Waals surface area contributed by atoms with E-state index in [4.69, 9.17) is 0 Å². The lowest BCUT2D eigenvalue weighted by atomic mass is 10.0. The van der Waals surface area contributed by atoms with Crippen molar-refractivity contribution in [2.75, 3.05) is 4.90 Å². The molecule has 230 valence electrons. The predicted octanol–water partition coefficient (Wildman–Crippen LogP) is 13.4. The maximum atomic E-state index is 2.43. The number of benzene rings is 8. The van der Waals surface area contributed by atoms with E-state index in [2.05, 4.69) is 191 Å². The summed E-state index contributed by atoms with van der Waals surface area (Å²) in [5, 5.41) is 7.67. The normalized spacial score (nSPS) is 11.7. The van der Waals surface area contributed by atoms with Crippen molar-refractivity contribution in [1.29, 1.82) is 0 Å². The van der Waals surface area contributed by atoms with Crippen LogP contribution >= 0.6 is 11.3 Å². The second-order valence-electron chi connectivity index (χ2n) is 12.6. The maximum Gasteiger partial charge on any atom is 0.0561 e. The number of fused-ring (bicyclic) bond motifs is 8. The molecule has 2 aromatic heterocycles. The number of para-hydroxylation sites is 3. The molecule has 0 unspecified atom stereocenters. The first-order valence-electron chi connectivity index (χ1n) is 16.7. The predicted molar refractivity (Wildman–Crippen MR) is 211 cm³/mol. The molecule has 0 amide bonds. The Kier molecular flexibility index (Phi) is 6.39. The molecule has 0 saturated heterocycles. The first-order chi connectivity index (χ1) is 24.3. The number of anilines is 3. The molecule has 10 aromatic rings. The first-order valence-corrected chi connectivity index (χ1v) is 17.5. The fourth-order valence-corrected chi connectivity index (χ4v) is 8.79. The van der Waals surface area contributed by atoms with E-state index in [0.29, 0.717) is 0 Å². The molecule has 0 aliphatic heterocycles. The van der Waals surface area contributed by atoms with Crippen LogP contribution in [-0.2, 0) is 0 Å². The van der Waals surface area contributed by atoms with Crippen LogP contribution in [0.25, 0.3) is 69.6 Å². The van der Waals surface area contributed by atoms with Crippen molar-refractivity contribution in [3.05, 3.63) is 182 Å². The molecule has 0 atom stereocenters. The van der Waals surface area contributed by atoms with E-state index in [1.165, 1.54) is 63.9 Å². The minimum absolute atomic E-state index is 1.11. The van der Waals surface area contributed by atoms with Gasteiger partial charge >= 0.3 is 0 Å². The minimum Gasteiger partial charge on any atom is -0.310 e. The zero-order valence-corrected chi connectivity index (χ0v) is 27.4. The summed E-state index contributed by atoms with van der Waals surface area (Å²) < 4.78 is 5.07. The Hall–Kier alpha value is -6.16. The van der Waals surface area contributed by atoms with Crippen LogP contribution in [0.5, 0.6) is 0 Å². The summed E-state index contributed by atoms with van der Waals surface area (Å²) in [6.07, 6.45) is 0. The highest BCUT2D eigenvalue weighted by Gasteiger charge is 2.20. The molecule has 0 aliphatic rings. The largest absolute Gasteiger partial charge is 0.310 e. The zero-order valence-electron chi connectivity index (χ0n) is 26.6. The lowest BCUT2D eigenvalue weighted by Gasteiger charge is -2.28. The summed E-state index contributed by atoms with van der Waals surface area (Å²) >= 11 is 1.88. The van der Waals surface area contributed by atoms with Crippen molar-refractivity contribution >= 4 is 81.1 Å². The van der Waals surface area contributed by atoms with Crippen molar-refractivity contribution in [3.8, 4) is 16.8 Å². The summed E-state index contributed by atoms with van der Waals surface area (Å²) in [7, 11) is 0. The van der Waals surface area contributed by atoms with Crippen LogP contribution in [0.15, 0.2) is 182 Å². The van der Waals surface area contributed by atoms with Crippen LogP contribution in [0.4, 0.5) is 17.1 Å². The summed E-state index contributed by atoms with van der Waals surface area (Å²) in [5.41, 5.74) is 9.28. The van der Waals surface area contributed by atoms with Gasteiger partial charge in [0.15, 0.2) is 0 Å². The van der Waals surface area contributed by atoms with Gasteiger partial charge in [-0.25, -0.2) is 0 Å². The second-order valence-corrected chi connectivity index (χ2v) is 13.6. The van der Waals surface area contributed by atoms with E-state index in [-0.39, 0.29) is 0 Å². The summed E-state index contributed by atoms with van der Waals surface area (Å²) in [5.74, 6) is 0. The molecular formula is C46H30N2S. The van der Waals surface area contributed by atoms with Crippen LogP contribution < -0.4 is 4.90 Å². The highest BCUT2D eigenvalue weighted by Crippen LogP contribution is 2.45. The van der Waals surface area contributed by atoms with Crippen molar-refractivity contribution in [3.63, 3.8) is 0 Å². The van der Waals surface area contributed by atoms with Gasteiger partial charge < -0.3 is 9.47 Å². The smallest absolute Gasteiger partial charge is 0.0561 e. The van der Waals surface area contributed by atoms with Crippen LogP contribution in [0, 0.1) is 0 Å². The number of hydrogen-bond acceptors (Lipinski definition) is 2. The van der Waals surface area contributed by atoms with Gasteiger partial charge in [-0.2, -0.15) is 0 Å². The molecule has 10 rings (SSSR count). The van der Waals surface area contributed by atoms with E-state index in [1.807, 2.05) is 11.3 Å². The SMILES string of the molecule is c1ccc(-c2ccccc2N(c2ccc3c(ccc4c5ccccc5sc34)c2)c2ccc3c4ccccc4n(-c4ccccc4)c3c2)cc1. The van der Waals surface area contributed by atoms with Gasteiger partial charge in [-0.05, 0) is 70.9 Å². The summed E-state index contributed by atoms with van der Waals surface area (Å²) in [4.78, 5) is 2.43. The Balaban J connectivity index is 1.24. The Labute approximate surface area is 288 Å². The third kappa shape index (κ3) is 4.47. The molecule has 0 N–H and O–H groups in total. The van der Waals surface area contributed by atoms with Gasteiger partial charge in [0.2, 0.25) is 0 Å². The van der Waals surface area contributed by atoms with Gasteiger partial charge in [-0.1, -0.05) is 127 Å². The van der Waals surface area contributed by atoms with Gasteiger partial charge in [-0.15, -0.1) is 11.3 Å². The molecule has 0 aliphatic carbocycles. The van der Waals surface area contributed by atoms with Gasteiger partial charge in [0.05, 0.1) is 16.7 Å². The number of nitrogens with zero attached hydrogens (tertiary/aromatic N) is 2. The Morgan fingerprint density at radius 1 is 0.429 bits per heavy atom. The number of thiophene rings is 1. The number of hydrogen-bond donors (Lipinski definition) is 0. The molecule has 2 nitrogen and oxygen atoms in total. The van der Waals surface area contributed by atoms with Crippen molar-refractivity contribution in [2.24, 2.45) is 0 Å². The molecule has 49 heavy (non-hydrogen) atoms. The topological polar surface area (TPSA) is 8.17 Å². The Morgan fingerprint density at radius 3 is 1.92 bits per heavy atom. The lowest BCUT2D eigenvalue weighted by Crippen LogP contribution is -2.11. The van der Waals surface area contributed by atoms with Gasteiger partial charge in [0.25, 0.3) is 0 Å². The quantitative estimate of drug-likeness (QED) is 0.181. The van der Waals surface area contributed by atoms with Crippen molar-refractivity contribution in [2.45, 2.75) is 0 Å². The van der Waals surface area contributed by atoms with Gasteiger partial charge in [-0.3, -0.25) is 0 Å². The van der Waals surface area contributed by atoms with E-state index in [9.17, 15) is 0 Å². The lowest BCUT2D eigenvalue weighted by molar-refractivity contribution is 1.18. The van der Waals surface area contributed by atoms with Crippen molar-refractivity contribution in [1.82, 2.24) is 4.57 Å². The van der Waals surface area contributed by atoms with Crippen molar-refractivity contribution < 1.29 is 0 Å². The third-order valence-corrected chi connectivity index (χ3v) is 11.0. The molecular weight excluding hydrogens is 613 g/mol. The zero-order chi connectivity index (χ0) is 32.3. The van der Waals surface area contributed by atoms with Crippen LogP contribution in [0.2, 0.25) is 0 Å². The fraction of sp³-hybridized carbons (Fsp3) is 0. The molecule has 0 saturated carbocycles. The van der Waals surface area contributed by atoms with E-state index in [0.717, 1.165) is 22.7 Å². The van der Waals surface area contributed by atoms with E-state index >= 15 is 0 Å². The monoisotopic (exact) mass is 642 g/mol. The summed E-state index contributed by atoms with van der Waals surface area (Å²) in [6, 6.07) is 66.2. The van der Waals surface area contributed by atoms with Crippen LogP contribution in [-0.4, -0.2) is 4.57 Å². The summed E-state index contributed by atoms with van der Waals surface area (Å²) in [6.45, 7) is 0. The first kappa shape index (κ1) is 27.9. The average molecular weight is 643 g/mol. The van der Waals surface area contributed by atoms with Gasteiger partial charge in [0.1, 0.15) is 0 Å². The van der Waals surface area contributed by atoms with Crippen LogP contribution in [0.3, 0.4) is 0 Å². The second kappa shape index (κ2) is 11.2. The highest BCUT2D eigenvalue weighted by atomic mass is 32.1. The molecule has 0 spiro atoms. The highest BCUT2D eigenvalue weighted by molar-refractivity contribution is 7.26. The molecule has 3 heteroatoms. The maximum absolute atomic E-state index is 2.43. The van der Waals surface area contributed by atoms with Gasteiger partial charge in [0, 0.05) is 53.6 Å². The molecule has 0 fully saturated rings. The fourth-order valence-electron chi connectivity index (χ4n) is 7.55. The molecule has 0 radical (unpaired) electrons. The minimum atomic E-state index is 1.11. The standard InChI is InChI=1S/C46H30N2S/c1-3-13-31(14-4-1)36-17-7-10-20-42(36)47(34-24-27-37-32(29-34)23-26-41-40-19-9-12-22-45(40)49-46(37)41)35-25-28-39-38-18-8-11-21-43(38)48(44(39)30-35)33-15-5-2-6-16-33/h1-30H. The average Bonchev–Trinajstić information content (AvgIpc) is 3.72. The van der Waals surface area contributed by atoms with Crippen LogP contribution in [0.1, 0.15) is 0 Å². The van der Waals surface area contributed by atoms with E-state index < -0.39 is 0 Å². The Bertz CT molecular complexity index is 2830. The molecule has 2 heterocycles. The van der Waals surface area contributed by atoms with E-state index in [1.54, 1.807) is 0 Å². The third-order valence-electron chi connectivity index (χ3n) is 9.76. The molecule has 8 aromatic carbocycles. The Morgan fingerprint density at radius 2 is 1.06 bits per heavy atom. The number of rotatable bonds is 5.